The minimum atomic E-state index is -0.0520. The molecular weight excluding hydrogens is 444 g/mol. The van der Waals surface area contributed by atoms with Crippen molar-refractivity contribution in [3.05, 3.63) is 24.3 Å². The van der Waals surface area contributed by atoms with Crippen LogP contribution >= 0.6 is 0 Å². The summed E-state index contributed by atoms with van der Waals surface area (Å²) in [4.78, 5) is 12.6. The molecule has 0 aromatic heterocycles. The molecule has 36 heavy (non-hydrogen) atoms. The molecule has 1 aromatic rings. The van der Waals surface area contributed by atoms with Crippen molar-refractivity contribution in [3.8, 4) is 11.5 Å². The van der Waals surface area contributed by atoms with Crippen LogP contribution in [-0.4, -0.2) is 12.6 Å². The summed E-state index contributed by atoms with van der Waals surface area (Å²) in [5, 5.41) is 0. The maximum absolute atomic E-state index is 12.6. The van der Waals surface area contributed by atoms with Gasteiger partial charge in [-0.25, -0.2) is 0 Å². The first-order valence-corrected chi connectivity index (χ1v) is 15.6. The lowest BCUT2D eigenvalue weighted by molar-refractivity contribution is -0.140. The Labute approximate surface area is 222 Å². The molecule has 1 aromatic carbocycles. The van der Waals surface area contributed by atoms with Crippen LogP contribution in [0.2, 0.25) is 0 Å². The predicted octanol–water partition coefficient (Wildman–Crippen LogP) is 9.91. The van der Waals surface area contributed by atoms with Crippen LogP contribution in [0.3, 0.4) is 0 Å². The molecule has 3 heteroatoms. The smallest absolute Gasteiger partial charge is 0.314 e. The Balaban J connectivity index is 1.23. The fourth-order valence-corrected chi connectivity index (χ4v) is 6.39. The van der Waals surface area contributed by atoms with E-state index in [-0.39, 0.29) is 11.9 Å². The number of carbonyl (C=O) groups excluding carboxylic acids is 1. The van der Waals surface area contributed by atoms with Crippen LogP contribution in [-0.2, 0) is 4.79 Å². The average molecular weight is 499 g/mol. The molecule has 0 heterocycles. The first-order chi connectivity index (χ1) is 17.7. The van der Waals surface area contributed by atoms with E-state index in [0.29, 0.717) is 5.75 Å². The van der Waals surface area contributed by atoms with E-state index in [1.807, 2.05) is 24.3 Å². The Morgan fingerprint density at radius 2 is 1.14 bits per heavy atom. The van der Waals surface area contributed by atoms with Gasteiger partial charge in [0.1, 0.15) is 11.5 Å². The highest BCUT2D eigenvalue weighted by Gasteiger charge is 2.27. The summed E-state index contributed by atoms with van der Waals surface area (Å²) in [6.07, 6.45) is 24.9. The molecule has 204 valence electrons. The monoisotopic (exact) mass is 498 g/mol. The second-order valence-corrected chi connectivity index (χ2v) is 11.8. The molecule has 0 N–H and O–H groups in total. The van der Waals surface area contributed by atoms with Gasteiger partial charge in [0.2, 0.25) is 0 Å². The predicted molar refractivity (Wildman–Crippen MR) is 151 cm³/mol. The minimum Gasteiger partial charge on any atom is -0.494 e. The van der Waals surface area contributed by atoms with Crippen LogP contribution in [0.15, 0.2) is 24.3 Å². The van der Waals surface area contributed by atoms with Crippen LogP contribution < -0.4 is 9.47 Å². The second kappa shape index (κ2) is 17.1. The number of rotatable bonds is 16. The van der Waals surface area contributed by atoms with Crippen LogP contribution in [0.25, 0.3) is 0 Å². The molecule has 3 nitrogen and oxygen atoms in total. The zero-order valence-electron chi connectivity index (χ0n) is 23.5. The molecule has 2 saturated carbocycles. The van der Waals surface area contributed by atoms with Crippen molar-refractivity contribution in [2.24, 2.45) is 23.7 Å². The van der Waals surface area contributed by atoms with Crippen molar-refractivity contribution < 1.29 is 14.3 Å². The maximum atomic E-state index is 12.6. The molecule has 0 saturated heterocycles. The fraction of sp³-hybridized carbons (Fsp3) is 0.788. The number of benzene rings is 1. The third-order valence-electron chi connectivity index (χ3n) is 8.90. The van der Waals surface area contributed by atoms with Crippen LogP contribution in [0.4, 0.5) is 0 Å². The maximum Gasteiger partial charge on any atom is 0.314 e. The number of esters is 1. The number of carbonyl (C=O) groups is 1. The number of unbranched alkanes of at least 4 members (excludes halogenated alkanes) is 5. The van der Waals surface area contributed by atoms with Crippen molar-refractivity contribution in [2.45, 2.75) is 136 Å². The average Bonchev–Trinajstić information content (AvgIpc) is 2.91. The number of ether oxygens (including phenoxy) is 2. The highest BCUT2D eigenvalue weighted by Crippen LogP contribution is 2.35. The summed E-state index contributed by atoms with van der Waals surface area (Å²) < 4.78 is 11.7. The molecule has 0 spiro atoms. The van der Waals surface area contributed by atoms with Gasteiger partial charge in [-0.05, 0) is 80.5 Å². The van der Waals surface area contributed by atoms with Crippen LogP contribution in [0.5, 0.6) is 11.5 Å². The number of hydrogen-bond acceptors (Lipinski definition) is 3. The van der Waals surface area contributed by atoms with Gasteiger partial charge in [0.15, 0.2) is 0 Å². The lowest BCUT2D eigenvalue weighted by Gasteiger charge is -2.28. The van der Waals surface area contributed by atoms with Gasteiger partial charge in [-0.1, -0.05) is 97.3 Å². The van der Waals surface area contributed by atoms with E-state index < -0.39 is 0 Å². The van der Waals surface area contributed by atoms with Crippen molar-refractivity contribution >= 4 is 5.97 Å². The first-order valence-electron chi connectivity index (χ1n) is 15.6. The Bertz CT molecular complexity index is 696. The summed E-state index contributed by atoms with van der Waals surface area (Å²) in [6.45, 7) is 5.32. The van der Waals surface area contributed by atoms with E-state index in [9.17, 15) is 4.79 Å². The van der Waals surface area contributed by atoms with Gasteiger partial charge in [0.25, 0.3) is 0 Å². The zero-order chi connectivity index (χ0) is 25.4. The zero-order valence-corrected chi connectivity index (χ0v) is 23.5. The summed E-state index contributed by atoms with van der Waals surface area (Å²) in [6, 6.07) is 7.64. The van der Waals surface area contributed by atoms with Gasteiger partial charge in [0, 0.05) is 0 Å². The minimum absolute atomic E-state index is 0.0520. The summed E-state index contributed by atoms with van der Waals surface area (Å²) in [5.74, 6) is 4.23. The quantitative estimate of drug-likeness (QED) is 0.129. The Morgan fingerprint density at radius 3 is 1.75 bits per heavy atom. The Morgan fingerprint density at radius 1 is 0.639 bits per heavy atom. The SMILES string of the molecule is CCCCCCCC1CCC(CCCOc2ccc(OC(=O)C3CCC(CCCC)CC3)cc2)CC1. The Kier molecular flexibility index (Phi) is 13.8. The van der Waals surface area contributed by atoms with E-state index >= 15 is 0 Å². The fourth-order valence-electron chi connectivity index (χ4n) is 6.39. The molecule has 0 bridgehead atoms. The van der Waals surface area contributed by atoms with Gasteiger partial charge in [0.05, 0.1) is 12.5 Å². The third-order valence-corrected chi connectivity index (χ3v) is 8.90. The number of hydrogen-bond donors (Lipinski definition) is 0. The highest BCUT2D eigenvalue weighted by atomic mass is 16.5. The first kappa shape index (κ1) is 29.1. The molecule has 0 radical (unpaired) electrons. The molecule has 0 atom stereocenters. The van der Waals surface area contributed by atoms with Gasteiger partial charge in [-0.2, -0.15) is 0 Å². The molecular formula is C33H54O3. The van der Waals surface area contributed by atoms with E-state index in [4.69, 9.17) is 9.47 Å². The van der Waals surface area contributed by atoms with Gasteiger partial charge in [-0.3, -0.25) is 4.79 Å². The van der Waals surface area contributed by atoms with Crippen molar-refractivity contribution in [1.29, 1.82) is 0 Å². The van der Waals surface area contributed by atoms with Gasteiger partial charge < -0.3 is 9.47 Å². The highest BCUT2D eigenvalue weighted by molar-refractivity contribution is 5.75. The van der Waals surface area contributed by atoms with Crippen molar-refractivity contribution in [3.63, 3.8) is 0 Å². The molecule has 3 rings (SSSR count). The van der Waals surface area contributed by atoms with E-state index in [1.54, 1.807) is 0 Å². The molecule has 2 aliphatic rings. The van der Waals surface area contributed by atoms with Crippen molar-refractivity contribution in [1.82, 2.24) is 0 Å². The lowest BCUT2D eigenvalue weighted by Crippen LogP contribution is -2.25. The van der Waals surface area contributed by atoms with Crippen LogP contribution in [0, 0.1) is 23.7 Å². The molecule has 2 aliphatic carbocycles. The Hall–Kier alpha value is -1.51. The second-order valence-electron chi connectivity index (χ2n) is 11.8. The standard InChI is InChI=1S/C33H54O3/c1-3-5-7-8-9-12-28-14-16-29(17-15-28)13-10-26-35-31-22-24-32(25-23-31)36-33(34)30-20-18-27(19-21-30)11-6-4-2/h22-25,27-30H,3-21,26H2,1-2H3. The summed E-state index contributed by atoms with van der Waals surface area (Å²) >= 11 is 0. The van der Waals surface area contributed by atoms with Gasteiger partial charge >= 0.3 is 5.97 Å². The van der Waals surface area contributed by atoms with E-state index in [0.717, 1.165) is 49.4 Å². The summed E-state index contributed by atoms with van der Waals surface area (Å²) in [5.41, 5.74) is 0. The molecule has 0 unspecified atom stereocenters. The molecule has 0 amide bonds. The topological polar surface area (TPSA) is 35.5 Å². The largest absolute Gasteiger partial charge is 0.494 e. The molecule has 2 fully saturated rings. The third kappa shape index (κ3) is 10.9. The van der Waals surface area contributed by atoms with Crippen molar-refractivity contribution in [2.75, 3.05) is 6.61 Å². The molecule has 0 aliphatic heterocycles. The van der Waals surface area contributed by atoms with E-state index in [1.165, 1.54) is 103 Å². The summed E-state index contributed by atoms with van der Waals surface area (Å²) in [7, 11) is 0. The van der Waals surface area contributed by atoms with E-state index in [2.05, 4.69) is 13.8 Å². The lowest BCUT2D eigenvalue weighted by atomic mass is 9.78. The normalized spacial score (nSPS) is 24.4. The van der Waals surface area contributed by atoms with Crippen LogP contribution in [0.1, 0.15) is 136 Å². The van der Waals surface area contributed by atoms with Gasteiger partial charge in [-0.15, -0.1) is 0 Å².